The Balaban J connectivity index is 2.46. The number of nitrogens with one attached hydrogen (secondary N) is 1. The molecule has 3 heteroatoms. The summed E-state index contributed by atoms with van der Waals surface area (Å²) in [5.74, 6) is 0.698. The molecule has 0 saturated heterocycles. The molecule has 1 rings (SSSR count). The van der Waals surface area contributed by atoms with Gasteiger partial charge in [-0.25, -0.2) is 0 Å². The molecule has 0 radical (unpaired) electrons. The molecule has 1 unspecified atom stereocenters. The SMILES string of the molecule is CCNC(CN(C)CC1(N(C)C)CCC1)C(C)C. The first kappa shape index (κ1) is 15.9. The maximum Gasteiger partial charge on any atom is 0.0330 e. The molecule has 0 amide bonds. The molecular weight excluding hydrogens is 222 g/mol. The summed E-state index contributed by atoms with van der Waals surface area (Å²) in [5, 5.41) is 3.61. The van der Waals surface area contributed by atoms with Crippen molar-refractivity contribution in [2.75, 3.05) is 40.8 Å². The molecule has 1 saturated carbocycles. The minimum Gasteiger partial charge on any atom is -0.313 e. The van der Waals surface area contributed by atoms with Gasteiger partial charge in [-0.15, -0.1) is 0 Å². The summed E-state index contributed by atoms with van der Waals surface area (Å²) in [4.78, 5) is 4.96. The van der Waals surface area contributed by atoms with E-state index in [-0.39, 0.29) is 0 Å². The second-order valence-corrected chi connectivity index (χ2v) is 6.58. The van der Waals surface area contributed by atoms with Crippen LogP contribution < -0.4 is 5.32 Å². The molecule has 1 N–H and O–H groups in total. The van der Waals surface area contributed by atoms with Crippen LogP contribution in [0.25, 0.3) is 0 Å². The van der Waals surface area contributed by atoms with Gasteiger partial charge in [-0.2, -0.15) is 0 Å². The van der Waals surface area contributed by atoms with Gasteiger partial charge < -0.3 is 15.1 Å². The Bertz CT molecular complexity index is 234. The highest BCUT2D eigenvalue weighted by atomic mass is 15.2. The Morgan fingerprint density at radius 3 is 2.11 bits per heavy atom. The molecule has 0 aromatic heterocycles. The minimum atomic E-state index is 0.447. The number of nitrogens with zero attached hydrogens (tertiary/aromatic N) is 2. The highest BCUT2D eigenvalue weighted by Gasteiger charge is 2.39. The van der Waals surface area contributed by atoms with Crippen molar-refractivity contribution in [3.63, 3.8) is 0 Å². The van der Waals surface area contributed by atoms with Crippen molar-refractivity contribution in [1.29, 1.82) is 0 Å². The van der Waals surface area contributed by atoms with Gasteiger partial charge in [0.1, 0.15) is 0 Å². The van der Waals surface area contributed by atoms with E-state index >= 15 is 0 Å². The van der Waals surface area contributed by atoms with Gasteiger partial charge in [0, 0.05) is 24.7 Å². The summed E-state index contributed by atoms with van der Waals surface area (Å²) in [6, 6.07) is 0.610. The molecule has 1 aliphatic rings. The van der Waals surface area contributed by atoms with Crippen LogP contribution in [0.4, 0.5) is 0 Å². The smallest absolute Gasteiger partial charge is 0.0330 e. The minimum absolute atomic E-state index is 0.447. The van der Waals surface area contributed by atoms with E-state index in [1.165, 1.54) is 25.8 Å². The first-order chi connectivity index (χ1) is 8.41. The third-order valence-electron chi connectivity index (χ3n) is 4.58. The predicted molar refractivity (Wildman–Crippen MR) is 80.1 cm³/mol. The van der Waals surface area contributed by atoms with E-state index in [4.69, 9.17) is 0 Å². The summed E-state index contributed by atoms with van der Waals surface area (Å²) in [6.07, 6.45) is 4.11. The lowest BCUT2D eigenvalue weighted by Gasteiger charge is -2.49. The van der Waals surface area contributed by atoms with E-state index in [0.717, 1.165) is 13.1 Å². The first-order valence-corrected chi connectivity index (χ1v) is 7.50. The molecule has 18 heavy (non-hydrogen) atoms. The standard InChI is InChI=1S/C15H33N3/c1-7-16-14(13(2)3)11-18(6)12-15(17(4)5)9-8-10-15/h13-14,16H,7-12H2,1-6H3. The van der Waals surface area contributed by atoms with Gasteiger partial charge in [-0.3, -0.25) is 0 Å². The van der Waals surface area contributed by atoms with Crippen LogP contribution in [0, 0.1) is 5.92 Å². The van der Waals surface area contributed by atoms with Crippen molar-refractivity contribution < 1.29 is 0 Å². The van der Waals surface area contributed by atoms with Gasteiger partial charge in [0.05, 0.1) is 0 Å². The van der Waals surface area contributed by atoms with Crippen molar-refractivity contribution in [1.82, 2.24) is 15.1 Å². The van der Waals surface area contributed by atoms with Gasteiger partial charge in [-0.1, -0.05) is 20.8 Å². The van der Waals surface area contributed by atoms with Crippen LogP contribution >= 0.6 is 0 Å². The first-order valence-electron chi connectivity index (χ1n) is 7.50. The van der Waals surface area contributed by atoms with Gasteiger partial charge >= 0.3 is 0 Å². The summed E-state index contributed by atoms with van der Waals surface area (Å²) < 4.78 is 0. The van der Waals surface area contributed by atoms with Crippen LogP contribution in [0.1, 0.15) is 40.0 Å². The predicted octanol–water partition coefficient (Wildman–Crippen LogP) is 2.04. The summed E-state index contributed by atoms with van der Waals surface area (Å²) in [5.41, 5.74) is 0.447. The van der Waals surface area contributed by atoms with E-state index < -0.39 is 0 Å². The fourth-order valence-electron chi connectivity index (χ4n) is 3.01. The van der Waals surface area contributed by atoms with Gasteiger partial charge in [0.2, 0.25) is 0 Å². The molecular formula is C15H33N3. The largest absolute Gasteiger partial charge is 0.313 e. The zero-order valence-corrected chi connectivity index (χ0v) is 13.3. The van der Waals surface area contributed by atoms with E-state index in [2.05, 4.69) is 57.0 Å². The third kappa shape index (κ3) is 3.94. The number of hydrogen-bond acceptors (Lipinski definition) is 3. The zero-order chi connectivity index (χ0) is 13.8. The van der Waals surface area contributed by atoms with E-state index in [1.54, 1.807) is 0 Å². The van der Waals surface area contributed by atoms with Crippen molar-refractivity contribution in [2.45, 2.75) is 51.6 Å². The summed E-state index contributed by atoms with van der Waals surface area (Å²) >= 11 is 0. The second-order valence-electron chi connectivity index (χ2n) is 6.58. The van der Waals surface area contributed by atoms with Crippen LogP contribution in [0.15, 0.2) is 0 Å². The van der Waals surface area contributed by atoms with Crippen LogP contribution in [-0.4, -0.2) is 62.2 Å². The van der Waals surface area contributed by atoms with Crippen LogP contribution in [0.5, 0.6) is 0 Å². The van der Waals surface area contributed by atoms with Gasteiger partial charge in [0.15, 0.2) is 0 Å². The molecule has 1 atom stereocenters. The lowest BCUT2D eigenvalue weighted by atomic mass is 9.75. The molecule has 0 heterocycles. The molecule has 108 valence electrons. The molecule has 0 aromatic carbocycles. The topological polar surface area (TPSA) is 18.5 Å². The van der Waals surface area contributed by atoms with Crippen molar-refractivity contribution >= 4 is 0 Å². The summed E-state index contributed by atoms with van der Waals surface area (Å²) in [6.45, 7) is 10.2. The van der Waals surface area contributed by atoms with Crippen LogP contribution in [0.2, 0.25) is 0 Å². The Kier molecular flexibility index (Phi) is 6.09. The highest BCUT2D eigenvalue weighted by molar-refractivity contribution is 4.98. The monoisotopic (exact) mass is 255 g/mol. The molecule has 1 fully saturated rings. The maximum atomic E-state index is 3.61. The second kappa shape index (κ2) is 6.88. The maximum absolute atomic E-state index is 3.61. The average molecular weight is 255 g/mol. The lowest BCUT2D eigenvalue weighted by molar-refractivity contribution is 0.0243. The molecule has 1 aliphatic carbocycles. The molecule has 3 nitrogen and oxygen atoms in total. The van der Waals surface area contributed by atoms with Crippen molar-refractivity contribution in [2.24, 2.45) is 5.92 Å². The van der Waals surface area contributed by atoms with Crippen molar-refractivity contribution in [3.8, 4) is 0 Å². The molecule has 0 aromatic rings. The van der Waals surface area contributed by atoms with Crippen molar-refractivity contribution in [3.05, 3.63) is 0 Å². The number of likely N-dealkylation sites (N-methyl/N-ethyl adjacent to an activating group) is 3. The van der Waals surface area contributed by atoms with Crippen LogP contribution in [-0.2, 0) is 0 Å². The van der Waals surface area contributed by atoms with Gasteiger partial charge in [0.25, 0.3) is 0 Å². The number of rotatable bonds is 8. The van der Waals surface area contributed by atoms with E-state index in [9.17, 15) is 0 Å². The average Bonchev–Trinajstić information content (AvgIpc) is 2.22. The van der Waals surface area contributed by atoms with E-state index in [1.807, 2.05) is 0 Å². The normalized spacial score (nSPS) is 20.5. The Morgan fingerprint density at radius 1 is 1.17 bits per heavy atom. The highest BCUT2D eigenvalue weighted by Crippen LogP contribution is 2.36. The Morgan fingerprint density at radius 2 is 1.78 bits per heavy atom. The molecule has 0 bridgehead atoms. The van der Waals surface area contributed by atoms with Crippen LogP contribution in [0.3, 0.4) is 0 Å². The molecule has 0 aliphatic heterocycles. The van der Waals surface area contributed by atoms with Gasteiger partial charge in [-0.05, 0) is 52.9 Å². The quantitative estimate of drug-likeness (QED) is 0.716. The Labute approximate surface area is 114 Å². The molecule has 0 spiro atoms. The Hall–Kier alpha value is -0.120. The third-order valence-corrected chi connectivity index (χ3v) is 4.58. The van der Waals surface area contributed by atoms with E-state index in [0.29, 0.717) is 17.5 Å². The fourth-order valence-corrected chi connectivity index (χ4v) is 3.01. The zero-order valence-electron chi connectivity index (χ0n) is 13.3. The summed E-state index contributed by atoms with van der Waals surface area (Å²) in [7, 11) is 6.74. The lowest BCUT2D eigenvalue weighted by Crippen LogP contribution is -2.58. The number of hydrogen-bond donors (Lipinski definition) is 1. The fraction of sp³-hybridized carbons (Fsp3) is 1.00.